The van der Waals surface area contributed by atoms with Crippen molar-refractivity contribution in [1.29, 1.82) is 0 Å². The largest absolute Gasteiger partial charge is 0.356 e. The number of benzene rings is 1. The summed E-state index contributed by atoms with van der Waals surface area (Å²) < 4.78 is 2.06. The Hall–Kier alpha value is -2.80. The lowest BCUT2D eigenvalue weighted by atomic mass is 10.1. The summed E-state index contributed by atoms with van der Waals surface area (Å²) in [7, 11) is 3.77. The van der Waals surface area contributed by atoms with E-state index in [1.54, 1.807) is 14.0 Å². The molecule has 24 heavy (non-hydrogen) atoms. The van der Waals surface area contributed by atoms with Gasteiger partial charge in [0.25, 0.3) is 0 Å². The molecule has 120 valence electrons. The van der Waals surface area contributed by atoms with Crippen molar-refractivity contribution in [1.82, 2.24) is 19.7 Å². The fraction of sp³-hybridized carbons (Fsp3) is 0.176. The van der Waals surface area contributed by atoms with Crippen LogP contribution in [-0.4, -0.2) is 32.6 Å². The third kappa shape index (κ3) is 2.16. The van der Waals surface area contributed by atoms with E-state index in [9.17, 15) is 4.79 Å². The molecule has 4 rings (SSSR count). The average Bonchev–Trinajstić information content (AvgIpc) is 3.21. The van der Waals surface area contributed by atoms with Gasteiger partial charge >= 0.3 is 0 Å². The van der Waals surface area contributed by atoms with Crippen LogP contribution >= 0.6 is 11.3 Å². The molecule has 0 aliphatic rings. The molecule has 0 saturated carbocycles. The highest BCUT2D eigenvalue weighted by Crippen LogP contribution is 2.37. The highest BCUT2D eigenvalue weighted by atomic mass is 32.1. The number of carbonyl (C=O) groups excluding carboxylic acids is 1. The zero-order valence-electron chi connectivity index (χ0n) is 13.5. The first-order chi connectivity index (χ1) is 11.6. The number of rotatable bonds is 3. The molecule has 0 atom stereocenters. The van der Waals surface area contributed by atoms with E-state index in [1.165, 1.54) is 11.3 Å². The van der Waals surface area contributed by atoms with E-state index in [-0.39, 0.29) is 5.78 Å². The Morgan fingerprint density at radius 2 is 2.08 bits per heavy atom. The number of ketones is 1. The molecule has 0 aliphatic carbocycles. The minimum absolute atomic E-state index is 0.0802. The molecule has 0 unspecified atom stereocenters. The third-order valence-corrected chi connectivity index (χ3v) is 5.24. The van der Waals surface area contributed by atoms with E-state index in [0.717, 1.165) is 37.3 Å². The van der Waals surface area contributed by atoms with Gasteiger partial charge in [-0.1, -0.05) is 0 Å². The Labute approximate surface area is 142 Å². The summed E-state index contributed by atoms with van der Waals surface area (Å²) in [6.45, 7) is 1.59. The van der Waals surface area contributed by atoms with Crippen molar-refractivity contribution >= 4 is 45.0 Å². The number of aromatic nitrogens is 4. The zero-order chi connectivity index (χ0) is 16.8. The molecule has 0 aliphatic heterocycles. The van der Waals surface area contributed by atoms with E-state index >= 15 is 0 Å². The molecule has 1 aromatic carbocycles. The second kappa shape index (κ2) is 5.38. The number of carbonyl (C=O) groups is 1. The second-order valence-corrected chi connectivity index (χ2v) is 6.67. The maximum Gasteiger partial charge on any atom is 0.243 e. The molecule has 3 aromatic heterocycles. The van der Waals surface area contributed by atoms with Crippen LogP contribution in [0, 0.1) is 0 Å². The number of hydrogen-bond donors (Lipinski definition) is 1. The van der Waals surface area contributed by atoms with Gasteiger partial charge < -0.3 is 9.88 Å². The summed E-state index contributed by atoms with van der Waals surface area (Å²) in [6, 6.07) is 7.90. The lowest BCUT2D eigenvalue weighted by molar-refractivity contribution is 0.102. The third-order valence-electron chi connectivity index (χ3n) is 4.02. The topological polar surface area (TPSA) is 72.7 Å². The molecular formula is C17H15N5OS. The number of aryl methyl sites for hydroxylation is 1. The molecule has 0 spiro atoms. The first-order valence-electron chi connectivity index (χ1n) is 7.50. The summed E-state index contributed by atoms with van der Waals surface area (Å²) in [4.78, 5) is 18.0. The summed E-state index contributed by atoms with van der Waals surface area (Å²) in [6.07, 6.45) is 2.00. The molecule has 0 saturated heterocycles. The Kier molecular flexibility index (Phi) is 3.31. The van der Waals surface area contributed by atoms with Crippen LogP contribution in [0.5, 0.6) is 0 Å². The zero-order valence-corrected chi connectivity index (χ0v) is 14.3. The highest BCUT2D eigenvalue weighted by Gasteiger charge is 2.16. The monoisotopic (exact) mass is 337 g/mol. The number of hydrogen-bond acceptors (Lipinski definition) is 6. The van der Waals surface area contributed by atoms with Gasteiger partial charge in [0.1, 0.15) is 5.52 Å². The molecule has 4 aromatic rings. The van der Waals surface area contributed by atoms with Crippen molar-refractivity contribution in [2.75, 3.05) is 12.4 Å². The van der Waals surface area contributed by atoms with Crippen molar-refractivity contribution in [2.45, 2.75) is 6.92 Å². The maximum absolute atomic E-state index is 11.6. The first-order valence-corrected chi connectivity index (χ1v) is 8.31. The number of thiophene rings is 1. The normalized spacial score (nSPS) is 11.3. The van der Waals surface area contributed by atoms with Crippen molar-refractivity contribution < 1.29 is 4.79 Å². The standard InChI is InChI=1S/C17H15N5OS/c1-9(23)13-4-5-14(24-13)11-8-12-15(20-21-17(18-2)19-12)10-6-7-22(3)16(10)11/h4-8H,1-3H3,(H,18,19,21). The van der Waals surface area contributed by atoms with Crippen LogP contribution in [-0.2, 0) is 7.05 Å². The fourth-order valence-electron chi connectivity index (χ4n) is 2.86. The second-order valence-electron chi connectivity index (χ2n) is 5.59. The minimum Gasteiger partial charge on any atom is -0.356 e. The SMILES string of the molecule is CNc1nnc2c(cc(-c3ccc(C(C)=O)s3)c3c2ccn3C)n1. The fourth-order valence-corrected chi connectivity index (χ4v) is 3.78. The molecule has 0 amide bonds. The summed E-state index contributed by atoms with van der Waals surface area (Å²) in [5.74, 6) is 0.566. The van der Waals surface area contributed by atoms with Gasteiger partial charge in [-0.2, -0.15) is 0 Å². The van der Waals surface area contributed by atoms with Crippen LogP contribution in [0.4, 0.5) is 5.95 Å². The van der Waals surface area contributed by atoms with E-state index in [1.807, 2.05) is 37.5 Å². The van der Waals surface area contributed by atoms with Gasteiger partial charge in [0.05, 0.1) is 15.9 Å². The van der Waals surface area contributed by atoms with E-state index in [2.05, 4.69) is 25.1 Å². The van der Waals surface area contributed by atoms with Crippen LogP contribution in [0.3, 0.4) is 0 Å². The number of nitrogens with zero attached hydrogens (tertiary/aromatic N) is 4. The van der Waals surface area contributed by atoms with Crippen molar-refractivity contribution in [2.24, 2.45) is 7.05 Å². The van der Waals surface area contributed by atoms with E-state index < -0.39 is 0 Å². The first kappa shape index (κ1) is 14.8. The van der Waals surface area contributed by atoms with Gasteiger partial charge in [-0.25, -0.2) is 4.98 Å². The van der Waals surface area contributed by atoms with Gasteiger partial charge in [0, 0.05) is 36.1 Å². The summed E-state index contributed by atoms with van der Waals surface area (Å²) in [5.41, 5.74) is 3.66. The van der Waals surface area contributed by atoms with E-state index in [0.29, 0.717) is 5.95 Å². The smallest absolute Gasteiger partial charge is 0.243 e. The number of anilines is 1. The van der Waals surface area contributed by atoms with Crippen molar-refractivity contribution in [3.05, 3.63) is 35.3 Å². The van der Waals surface area contributed by atoms with Crippen LogP contribution in [0.1, 0.15) is 16.6 Å². The minimum atomic E-state index is 0.0802. The number of nitrogens with one attached hydrogen (secondary N) is 1. The molecule has 3 heterocycles. The molecule has 6 nitrogen and oxygen atoms in total. The van der Waals surface area contributed by atoms with Crippen LogP contribution in [0.25, 0.3) is 32.4 Å². The molecule has 0 bridgehead atoms. The average molecular weight is 337 g/mol. The predicted molar refractivity (Wildman–Crippen MR) is 96.7 cm³/mol. The van der Waals surface area contributed by atoms with Gasteiger partial charge in [-0.05, 0) is 31.2 Å². The maximum atomic E-state index is 11.6. The molecule has 1 N–H and O–H groups in total. The molecule has 0 fully saturated rings. The van der Waals surface area contributed by atoms with Gasteiger partial charge in [-0.15, -0.1) is 21.5 Å². The Balaban J connectivity index is 2.07. The lowest BCUT2D eigenvalue weighted by Crippen LogP contribution is -1.99. The van der Waals surface area contributed by atoms with Crippen LogP contribution < -0.4 is 5.32 Å². The van der Waals surface area contributed by atoms with E-state index in [4.69, 9.17) is 0 Å². The van der Waals surface area contributed by atoms with Gasteiger partial charge in [0.2, 0.25) is 5.95 Å². The molecule has 0 radical (unpaired) electrons. The lowest BCUT2D eigenvalue weighted by Gasteiger charge is -2.08. The van der Waals surface area contributed by atoms with Crippen LogP contribution in [0.15, 0.2) is 30.5 Å². The van der Waals surface area contributed by atoms with Crippen molar-refractivity contribution in [3.8, 4) is 10.4 Å². The highest BCUT2D eigenvalue weighted by molar-refractivity contribution is 7.17. The molecule has 7 heteroatoms. The molecular weight excluding hydrogens is 322 g/mol. The Morgan fingerprint density at radius 1 is 1.25 bits per heavy atom. The number of Topliss-reactive ketones (excluding diaryl/α,β-unsaturated/α-hetero) is 1. The summed E-state index contributed by atoms with van der Waals surface area (Å²) >= 11 is 1.50. The van der Waals surface area contributed by atoms with Gasteiger partial charge in [-0.3, -0.25) is 4.79 Å². The Bertz CT molecular complexity index is 1100. The Morgan fingerprint density at radius 3 is 2.79 bits per heavy atom. The predicted octanol–water partition coefficient (Wildman–Crippen LogP) is 3.49. The van der Waals surface area contributed by atoms with Crippen LogP contribution in [0.2, 0.25) is 0 Å². The quantitative estimate of drug-likeness (QED) is 0.579. The van der Waals surface area contributed by atoms with Crippen molar-refractivity contribution in [3.63, 3.8) is 0 Å². The summed E-state index contributed by atoms with van der Waals surface area (Å²) in [5, 5.41) is 12.3. The van der Waals surface area contributed by atoms with Gasteiger partial charge in [0.15, 0.2) is 5.78 Å². The number of fused-ring (bicyclic) bond motifs is 3.